The van der Waals surface area contributed by atoms with Crippen LogP contribution in [0, 0.1) is 5.92 Å². The number of anilines is 1. The molecule has 2 atom stereocenters. The van der Waals surface area contributed by atoms with Gasteiger partial charge >= 0.3 is 5.97 Å². The number of carbonyl (C=O) groups is 2. The molecular weight excluding hydrogens is 468 g/mol. The maximum absolute atomic E-state index is 12.7. The maximum atomic E-state index is 12.7. The lowest BCUT2D eigenvalue weighted by Crippen LogP contribution is -2.32. The van der Waals surface area contributed by atoms with E-state index in [9.17, 15) is 26.4 Å². The number of allylic oxidation sites excluding steroid dienone is 1. The van der Waals surface area contributed by atoms with E-state index >= 15 is 0 Å². The zero-order chi connectivity index (χ0) is 23.4. The summed E-state index contributed by atoms with van der Waals surface area (Å²) in [5.41, 5.74) is 0.0626. The third-order valence-electron chi connectivity index (χ3n) is 4.65. The first-order valence-electron chi connectivity index (χ1n) is 9.60. The number of hydrogen-bond acceptors (Lipinski definition) is 7. The smallest absolute Gasteiger partial charge is 0.307 e. The van der Waals surface area contributed by atoms with Crippen molar-refractivity contribution in [3.63, 3.8) is 0 Å². The molecule has 0 fully saturated rings. The number of esters is 1. The van der Waals surface area contributed by atoms with Crippen molar-refractivity contribution in [3.8, 4) is 0 Å². The maximum Gasteiger partial charge on any atom is 0.307 e. The molecule has 0 aliphatic carbocycles. The van der Waals surface area contributed by atoms with Crippen molar-refractivity contribution in [2.45, 2.75) is 38.2 Å². The van der Waals surface area contributed by atoms with Gasteiger partial charge in [0.15, 0.2) is 15.9 Å². The molecule has 172 valence electrons. The molecule has 1 aliphatic rings. The molecule has 0 saturated heterocycles. The van der Waals surface area contributed by atoms with E-state index in [1.54, 1.807) is 13.8 Å². The minimum Gasteiger partial charge on any atom is -0.453 e. The molecule has 0 saturated carbocycles. The van der Waals surface area contributed by atoms with Gasteiger partial charge in [-0.15, -0.1) is 0 Å². The van der Waals surface area contributed by atoms with Crippen LogP contribution in [-0.2, 0) is 34.2 Å². The fourth-order valence-corrected chi connectivity index (χ4v) is 6.04. The van der Waals surface area contributed by atoms with Gasteiger partial charge in [0.1, 0.15) is 0 Å². The molecular formula is C19H25ClN2O7S2. The van der Waals surface area contributed by atoms with E-state index in [2.05, 4.69) is 5.32 Å². The molecule has 12 heteroatoms. The number of nitrogens with zero attached hydrogens (tertiary/aromatic N) is 1. The number of halogens is 1. The molecule has 1 aromatic rings. The van der Waals surface area contributed by atoms with Crippen molar-refractivity contribution >= 4 is 49.0 Å². The van der Waals surface area contributed by atoms with E-state index in [1.165, 1.54) is 35.5 Å². The van der Waals surface area contributed by atoms with Crippen molar-refractivity contribution in [1.29, 1.82) is 0 Å². The van der Waals surface area contributed by atoms with Gasteiger partial charge in [0.2, 0.25) is 10.0 Å². The predicted molar refractivity (Wildman–Crippen MR) is 117 cm³/mol. The zero-order valence-corrected chi connectivity index (χ0v) is 19.8. The molecule has 1 aliphatic heterocycles. The van der Waals surface area contributed by atoms with E-state index in [1.807, 2.05) is 0 Å². The van der Waals surface area contributed by atoms with Crippen molar-refractivity contribution in [2.75, 3.05) is 24.2 Å². The molecule has 0 radical (unpaired) electrons. The fraction of sp³-hybridized carbons (Fsp3) is 0.474. The summed E-state index contributed by atoms with van der Waals surface area (Å²) in [5, 5.41) is 3.64. The van der Waals surface area contributed by atoms with Crippen LogP contribution in [0.3, 0.4) is 0 Å². The average molecular weight is 493 g/mol. The molecule has 0 bridgehead atoms. The Morgan fingerprint density at radius 2 is 1.94 bits per heavy atom. The van der Waals surface area contributed by atoms with Gasteiger partial charge in [-0.25, -0.2) is 16.8 Å². The topological polar surface area (TPSA) is 127 Å². The quantitative estimate of drug-likeness (QED) is 0.523. The Hall–Kier alpha value is -1.95. The number of amides is 1. The van der Waals surface area contributed by atoms with Gasteiger partial charge in [-0.3, -0.25) is 9.59 Å². The van der Waals surface area contributed by atoms with Gasteiger partial charge in [-0.05, 0) is 25.1 Å². The number of sulfonamides is 1. The minimum atomic E-state index is -3.76. The van der Waals surface area contributed by atoms with Crippen molar-refractivity contribution in [2.24, 2.45) is 5.92 Å². The summed E-state index contributed by atoms with van der Waals surface area (Å²) < 4.78 is 54.5. The van der Waals surface area contributed by atoms with E-state index in [4.69, 9.17) is 16.3 Å². The third kappa shape index (κ3) is 6.52. The molecule has 1 heterocycles. The molecule has 0 spiro atoms. The number of carbonyl (C=O) groups excluding carboxylic acids is 2. The van der Waals surface area contributed by atoms with E-state index < -0.39 is 43.8 Å². The molecule has 1 aromatic carbocycles. The Labute approximate surface area is 187 Å². The number of ether oxygens (including phenoxy) is 1. The Morgan fingerprint density at radius 3 is 2.48 bits per heavy atom. The highest BCUT2D eigenvalue weighted by Gasteiger charge is 2.27. The van der Waals surface area contributed by atoms with Gasteiger partial charge in [-0.1, -0.05) is 31.5 Å². The van der Waals surface area contributed by atoms with E-state index in [0.717, 1.165) is 5.41 Å². The second-order valence-electron chi connectivity index (χ2n) is 6.97. The highest BCUT2D eigenvalue weighted by atomic mass is 35.5. The number of benzene rings is 1. The first kappa shape index (κ1) is 25.3. The average Bonchev–Trinajstić information content (AvgIpc) is 3.01. The number of nitrogens with one attached hydrogen (secondary N) is 1. The van der Waals surface area contributed by atoms with Crippen molar-refractivity contribution < 1.29 is 31.2 Å². The molecule has 1 amide bonds. The van der Waals surface area contributed by atoms with Crippen LogP contribution in [0.1, 0.15) is 27.2 Å². The standard InChI is InChI=1S/C19H25ClN2O7S2/c1-4-22(5-2)31(27,28)15-6-7-16(20)17(11-15)21-19(24)13(3)29-18(23)10-14-8-9-30(25,26)12-14/h6-9,11,13-14H,4-5,10,12H2,1-3H3,(H,21,24). The minimum absolute atomic E-state index is 0.0326. The summed E-state index contributed by atoms with van der Waals surface area (Å²) in [6.45, 7) is 5.35. The third-order valence-corrected chi connectivity index (χ3v) is 8.49. The van der Waals surface area contributed by atoms with Crippen molar-refractivity contribution in [1.82, 2.24) is 4.31 Å². The second-order valence-corrected chi connectivity index (χ2v) is 11.3. The summed E-state index contributed by atoms with van der Waals surface area (Å²) in [6, 6.07) is 3.95. The summed E-state index contributed by atoms with van der Waals surface area (Å²) in [6.07, 6.45) is 0.0443. The van der Waals surface area contributed by atoms with Crippen molar-refractivity contribution in [3.05, 3.63) is 34.7 Å². The zero-order valence-electron chi connectivity index (χ0n) is 17.4. The van der Waals surface area contributed by atoms with Gasteiger partial charge in [0.25, 0.3) is 5.91 Å². The van der Waals surface area contributed by atoms with Gasteiger partial charge in [0.05, 0.1) is 27.8 Å². The lowest BCUT2D eigenvalue weighted by molar-refractivity contribution is -0.153. The second kappa shape index (κ2) is 10.1. The molecule has 2 unspecified atom stereocenters. The Morgan fingerprint density at radius 1 is 1.29 bits per heavy atom. The Balaban J connectivity index is 2.05. The predicted octanol–water partition coefficient (Wildman–Crippen LogP) is 2.19. The van der Waals surface area contributed by atoms with Crippen LogP contribution < -0.4 is 5.32 Å². The normalized spacial score (nSPS) is 18.7. The van der Waals surface area contributed by atoms with Gasteiger partial charge in [0, 0.05) is 24.4 Å². The highest BCUT2D eigenvalue weighted by Crippen LogP contribution is 2.27. The lowest BCUT2D eigenvalue weighted by atomic mass is 10.1. The Bertz CT molecular complexity index is 1080. The first-order valence-corrected chi connectivity index (χ1v) is 13.1. The van der Waals surface area contributed by atoms with Crippen LogP contribution in [0.4, 0.5) is 5.69 Å². The monoisotopic (exact) mass is 492 g/mol. The largest absolute Gasteiger partial charge is 0.453 e. The summed E-state index contributed by atoms with van der Waals surface area (Å²) in [7, 11) is -7.05. The van der Waals surface area contributed by atoms with Gasteiger partial charge < -0.3 is 10.1 Å². The van der Waals surface area contributed by atoms with Crippen LogP contribution in [0.5, 0.6) is 0 Å². The fourth-order valence-electron chi connectivity index (χ4n) is 2.99. The van der Waals surface area contributed by atoms with Crippen LogP contribution in [-0.4, -0.2) is 58.0 Å². The molecule has 31 heavy (non-hydrogen) atoms. The molecule has 2 rings (SSSR count). The van der Waals surface area contributed by atoms with E-state index in [0.29, 0.717) is 0 Å². The van der Waals surface area contributed by atoms with Gasteiger partial charge in [-0.2, -0.15) is 4.31 Å². The molecule has 1 N–H and O–H groups in total. The van der Waals surface area contributed by atoms with Crippen LogP contribution >= 0.6 is 11.6 Å². The van der Waals surface area contributed by atoms with Crippen LogP contribution in [0.2, 0.25) is 5.02 Å². The lowest BCUT2D eigenvalue weighted by Gasteiger charge is -2.19. The first-order chi connectivity index (χ1) is 14.4. The number of rotatable bonds is 9. The Kier molecular flexibility index (Phi) is 8.26. The summed E-state index contributed by atoms with van der Waals surface area (Å²) in [5.74, 6) is -2.10. The highest BCUT2D eigenvalue weighted by molar-refractivity contribution is 7.94. The van der Waals surface area contributed by atoms with Crippen LogP contribution in [0.15, 0.2) is 34.6 Å². The van der Waals surface area contributed by atoms with Crippen LogP contribution in [0.25, 0.3) is 0 Å². The number of hydrogen-bond donors (Lipinski definition) is 1. The molecule has 0 aromatic heterocycles. The SMILES string of the molecule is CCN(CC)S(=O)(=O)c1ccc(Cl)c(NC(=O)C(C)OC(=O)CC2C=CS(=O)(=O)C2)c1. The summed E-state index contributed by atoms with van der Waals surface area (Å²) in [4.78, 5) is 24.4. The molecule has 9 nitrogen and oxygen atoms in total. The summed E-state index contributed by atoms with van der Waals surface area (Å²) >= 11 is 6.09. The number of sulfone groups is 1. The van der Waals surface area contributed by atoms with E-state index in [-0.39, 0.29) is 40.9 Å².